The van der Waals surface area contributed by atoms with Gasteiger partial charge in [-0.15, -0.1) is 0 Å². The first-order valence-corrected chi connectivity index (χ1v) is 6.71. The molecule has 0 unspecified atom stereocenters. The lowest BCUT2D eigenvalue weighted by molar-refractivity contribution is 0.0723. The van der Waals surface area contributed by atoms with Crippen LogP contribution in [0.3, 0.4) is 0 Å². The number of hydrogen-bond donors (Lipinski definition) is 1. The maximum atomic E-state index is 13.4. The van der Waals surface area contributed by atoms with Gasteiger partial charge in [0.15, 0.2) is 0 Å². The average molecular weight is 277 g/mol. The van der Waals surface area contributed by atoms with E-state index in [0.717, 1.165) is 12.8 Å². The zero-order chi connectivity index (χ0) is 15.1. The first-order chi connectivity index (χ1) is 9.54. The van der Waals surface area contributed by atoms with Gasteiger partial charge in [-0.05, 0) is 31.0 Å². The van der Waals surface area contributed by atoms with Crippen molar-refractivity contribution in [1.29, 1.82) is 0 Å². The molecular weight excluding hydrogens is 257 g/mol. The lowest BCUT2D eigenvalue weighted by Crippen LogP contribution is -2.36. The Morgan fingerprint density at radius 3 is 2.60 bits per heavy atom. The molecule has 3 nitrogen and oxygen atoms in total. The summed E-state index contributed by atoms with van der Waals surface area (Å²) in [5, 5.41) is 8.74. The van der Waals surface area contributed by atoms with Gasteiger partial charge in [-0.2, -0.15) is 0 Å². The van der Waals surface area contributed by atoms with Gasteiger partial charge in [-0.25, -0.2) is 4.39 Å². The van der Waals surface area contributed by atoms with Crippen LogP contribution in [-0.2, 0) is 0 Å². The molecule has 0 saturated heterocycles. The molecule has 20 heavy (non-hydrogen) atoms. The number of aliphatic hydroxyl groups excluding tert-OH is 1. The Kier molecular flexibility index (Phi) is 6.20. The zero-order valence-corrected chi connectivity index (χ0v) is 12.1. The first kappa shape index (κ1) is 16.2. The molecule has 4 heteroatoms. The van der Waals surface area contributed by atoms with E-state index in [2.05, 4.69) is 11.8 Å². The SMILES string of the molecule is CCC(CC)N(C)C(=O)c1cc(F)ccc1C#CCO. The molecular formula is C16H20FNO2. The van der Waals surface area contributed by atoms with Gasteiger partial charge in [-0.3, -0.25) is 4.79 Å². The molecule has 0 radical (unpaired) electrons. The van der Waals surface area contributed by atoms with Crippen molar-refractivity contribution in [2.45, 2.75) is 32.7 Å². The molecule has 108 valence electrons. The summed E-state index contributed by atoms with van der Waals surface area (Å²) < 4.78 is 13.4. The lowest BCUT2D eigenvalue weighted by atomic mass is 10.0. The van der Waals surface area contributed by atoms with E-state index in [1.54, 1.807) is 11.9 Å². The minimum atomic E-state index is -0.471. The number of amides is 1. The van der Waals surface area contributed by atoms with Gasteiger partial charge in [0.1, 0.15) is 12.4 Å². The molecule has 0 aliphatic rings. The van der Waals surface area contributed by atoms with E-state index < -0.39 is 5.82 Å². The lowest BCUT2D eigenvalue weighted by Gasteiger charge is -2.26. The quantitative estimate of drug-likeness (QED) is 0.859. The number of benzene rings is 1. The van der Waals surface area contributed by atoms with Crippen molar-refractivity contribution < 1.29 is 14.3 Å². The van der Waals surface area contributed by atoms with Gasteiger partial charge in [0, 0.05) is 18.7 Å². The number of carbonyl (C=O) groups is 1. The molecule has 0 aliphatic heterocycles. The fourth-order valence-electron chi connectivity index (χ4n) is 2.13. The molecule has 0 bridgehead atoms. The average Bonchev–Trinajstić information content (AvgIpc) is 2.46. The van der Waals surface area contributed by atoms with Crippen molar-refractivity contribution in [3.63, 3.8) is 0 Å². The van der Waals surface area contributed by atoms with Crippen LogP contribution in [0.5, 0.6) is 0 Å². The second-order valence-electron chi connectivity index (χ2n) is 4.54. The van der Waals surface area contributed by atoms with Crippen LogP contribution in [0.25, 0.3) is 0 Å². The van der Waals surface area contributed by atoms with E-state index in [-0.39, 0.29) is 24.1 Å². The predicted octanol–water partition coefficient (Wildman–Crippen LogP) is 2.43. The smallest absolute Gasteiger partial charge is 0.255 e. The molecule has 1 rings (SSSR count). The van der Waals surface area contributed by atoms with Crippen molar-refractivity contribution in [1.82, 2.24) is 4.90 Å². The summed E-state index contributed by atoms with van der Waals surface area (Å²) in [5.74, 6) is 4.45. The largest absolute Gasteiger partial charge is 0.384 e. The second kappa shape index (κ2) is 7.66. The van der Waals surface area contributed by atoms with Crippen LogP contribution in [0.2, 0.25) is 0 Å². The van der Waals surface area contributed by atoms with Gasteiger partial charge in [-0.1, -0.05) is 25.7 Å². The minimum Gasteiger partial charge on any atom is -0.384 e. The summed E-state index contributed by atoms with van der Waals surface area (Å²) in [4.78, 5) is 14.1. The van der Waals surface area contributed by atoms with Crippen molar-refractivity contribution in [2.75, 3.05) is 13.7 Å². The van der Waals surface area contributed by atoms with Crippen LogP contribution < -0.4 is 0 Å². The Morgan fingerprint density at radius 1 is 1.40 bits per heavy atom. The Hall–Kier alpha value is -1.86. The Balaban J connectivity index is 3.16. The van der Waals surface area contributed by atoms with Gasteiger partial charge in [0.05, 0.1) is 5.56 Å². The summed E-state index contributed by atoms with van der Waals surface area (Å²) >= 11 is 0. The third-order valence-corrected chi connectivity index (χ3v) is 3.32. The van der Waals surface area contributed by atoms with Crippen molar-refractivity contribution in [3.05, 3.63) is 35.1 Å². The first-order valence-electron chi connectivity index (χ1n) is 6.71. The molecule has 0 saturated carbocycles. The van der Waals surface area contributed by atoms with Gasteiger partial charge in [0.2, 0.25) is 0 Å². The van der Waals surface area contributed by atoms with E-state index in [1.165, 1.54) is 18.2 Å². The van der Waals surface area contributed by atoms with E-state index in [1.807, 2.05) is 13.8 Å². The van der Waals surface area contributed by atoms with Crippen molar-refractivity contribution in [3.8, 4) is 11.8 Å². The minimum absolute atomic E-state index is 0.115. The molecule has 1 aromatic rings. The highest BCUT2D eigenvalue weighted by atomic mass is 19.1. The molecule has 0 aromatic heterocycles. The highest BCUT2D eigenvalue weighted by Crippen LogP contribution is 2.16. The number of aliphatic hydroxyl groups is 1. The van der Waals surface area contributed by atoms with Crippen molar-refractivity contribution >= 4 is 5.91 Å². The molecule has 0 fully saturated rings. The van der Waals surface area contributed by atoms with Crippen LogP contribution >= 0.6 is 0 Å². The molecule has 0 heterocycles. The fourth-order valence-corrected chi connectivity index (χ4v) is 2.13. The summed E-state index contributed by atoms with van der Waals surface area (Å²) in [6, 6.07) is 4.04. The number of halogens is 1. The van der Waals surface area contributed by atoms with E-state index in [9.17, 15) is 9.18 Å². The van der Waals surface area contributed by atoms with Crippen LogP contribution in [0.1, 0.15) is 42.6 Å². The number of carbonyl (C=O) groups excluding carboxylic acids is 1. The standard InChI is InChI=1S/C16H20FNO2/c1-4-14(5-2)18(3)16(20)15-11-13(17)9-8-12(15)7-6-10-19/h8-9,11,14,19H,4-5,10H2,1-3H3. The molecule has 1 aromatic carbocycles. The number of rotatable bonds is 4. The Labute approximate surface area is 119 Å². The Morgan fingerprint density at radius 2 is 2.05 bits per heavy atom. The van der Waals surface area contributed by atoms with E-state index >= 15 is 0 Å². The second-order valence-corrected chi connectivity index (χ2v) is 4.54. The highest BCUT2D eigenvalue weighted by Gasteiger charge is 2.20. The summed E-state index contributed by atoms with van der Waals surface area (Å²) in [6.45, 7) is 3.72. The maximum Gasteiger partial charge on any atom is 0.255 e. The molecule has 1 amide bonds. The number of hydrogen-bond acceptors (Lipinski definition) is 2. The monoisotopic (exact) mass is 277 g/mol. The summed E-state index contributed by atoms with van der Waals surface area (Å²) in [5.41, 5.74) is 0.670. The molecule has 0 spiro atoms. The van der Waals surface area contributed by atoms with Crippen LogP contribution in [0.15, 0.2) is 18.2 Å². The van der Waals surface area contributed by atoms with E-state index in [4.69, 9.17) is 5.11 Å². The third kappa shape index (κ3) is 3.82. The predicted molar refractivity (Wildman–Crippen MR) is 76.8 cm³/mol. The normalized spacial score (nSPS) is 10.1. The molecule has 0 aliphatic carbocycles. The van der Waals surface area contributed by atoms with Gasteiger partial charge >= 0.3 is 0 Å². The Bertz CT molecular complexity index is 527. The van der Waals surface area contributed by atoms with Crippen LogP contribution in [-0.4, -0.2) is 35.6 Å². The van der Waals surface area contributed by atoms with Crippen LogP contribution in [0, 0.1) is 17.7 Å². The molecule has 0 atom stereocenters. The summed E-state index contributed by atoms with van der Waals surface area (Å²) in [7, 11) is 1.72. The van der Waals surface area contributed by atoms with Crippen LogP contribution in [0.4, 0.5) is 4.39 Å². The third-order valence-electron chi connectivity index (χ3n) is 3.32. The number of nitrogens with zero attached hydrogens (tertiary/aromatic N) is 1. The fraction of sp³-hybridized carbons (Fsp3) is 0.438. The van der Waals surface area contributed by atoms with E-state index in [0.29, 0.717) is 5.56 Å². The topological polar surface area (TPSA) is 40.5 Å². The summed E-state index contributed by atoms with van der Waals surface area (Å²) in [6.07, 6.45) is 1.68. The van der Waals surface area contributed by atoms with Crippen molar-refractivity contribution in [2.24, 2.45) is 0 Å². The maximum absolute atomic E-state index is 13.4. The van der Waals surface area contributed by atoms with Gasteiger partial charge in [0.25, 0.3) is 5.91 Å². The highest BCUT2D eigenvalue weighted by molar-refractivity contribution is 5.96. The zero-order valence-electron chi connectivity index (χ0n) is 12.1. The molecule has 1 N–H and O–H groups in total. The van der Waals surface area contributed by atoms with Gasteiger partial charge < -0.3 is 10.0 Å².